The quantitative estimate of drug-likeness (QED) is 0.529. The molecule has 152 valence electrons. The molecule has 0 saturated heterocycles. The van der Waals surface area contributed by atoms with Gasteiger partial charge in [-0.2, -0.15) is 0 Å². The van der Waals surface area contributed by atoms with Gasteiger partial charge < -0.3 is 23.0 Å². The van der Waals surface area contributed by atoms with Crippen molar-refractivity contribution in [3.63, 3.8) is 0 Å². The SMILES string of the molecule is CCCOCCOC(C)(C)C.Cc1oc(=O)oc1COC(=O)C(C)(C)C. The normalized spacial score (nSPS) is 11.7. The lowest BCUT2D eigenvalue weighted by Gasteiger charge is -2.19. The zero-order valence-corrected chi connectivity index (χ0v) is 17.4. The molecule has 0 unspecified atom stereocenters. The minimum atomic E-state index is -0.783. The Bertz CT molecular complexity index is 570. The highest BCUT2D eigenvalue weighted by molar-refractivity contribution is 5.75. The number of carbonyl (C=O) groups is 1. The van der Waals surface area contributed by atoms with Crippen LogP contribution in [0.3, 0.4) is 0 Å². The average Bonchev–Trinajstić information content (AvgIpc) is 2.81. The van der Waals surface area contributed by atoms with Gasteiger partial charge in [-0.15, -0.1) is 0 Å². The molecule has 0 atom stereocenters. The third kappa shape index (κ3) is 11.9. The maximum absolute atomic E-state index is 11.4. The minimum Gasteiger partial charge on any atom is -0.457 e. The van der Waals surface area contributed by atoms with E-state index in [4.69, 9.17) is 14.2 Å². The Balaban J connectivity index is 0.000000508. The van der Waals surface area contributed by atoms with Crippen molar-refractivity contribution < 1.29 is 27.8 Å². The van der Waals surface area contributed by atoms with Gasteiger partial charge in [-0.05, 0) is 54.9 Å². The third-order valence-corrected chi connectivity index (χ3v) is 2.89. The van der Waals surface area contributed by atoms with E-state index in [1.807, 2.05) is 20.8 Å². The van der Waals surface area contributed by atoms with Crippen LogP contribution in [0.1, 0.15) is 66.4 Å². The minimum absolute atomic E-state index is 0.0322. The highest BCUT2D eigenvalue weighted by atomic mass is 16.6. The summed E-state index contributed by atoms with van der Waals surface area (Å²) in [5.74, 6) is -0.556. The van der Waals surface area contributed by atoms with Crippen molar-refractivity contribution in [3.05, 3.63) is 22.1 Å². The van der Waals surface area contributed by atoms with Crippen molar-refractivity contribution in [2.45, 2.75) is 74.0 Å². The van der Waals surface area contributed by atoms with Crippen LogP contribution in [-0.4, -0.2) is 31.4 Å². The summed E-state index contributed by atoms with van der Waals surface area (Å²) in [5, 5.41) is 0. The maximum Gasteiger partial charge on any atom is 0.519 e. The third-order valence-electron chi connectivity index (χ3n) is 2.89. The molecule has 0 N–H and O–H groups in total. The summed E-state index contributed by atoms with van der Waals surface area (Å²) >= 11 is 0. The van der Waals surface area contributed by atoms with Gasteiger partial charge in [0.1, 0.15) is 0 Å². The topological polar surface area (TPSA) is 88.1 Å². The molecule has 0 bridgehead atoms. The van der Waals surface area contributed by atoms with E-state index in [2.05, 4.69) is 15.8 Å². The second-order valence-electron chi connectivity index (χ2n) is 7.83. The van der Waals surface area contributed by atoms with Gasteiger partial charge >= 0.3 is 11.8 Å². The second-order valence-corrected chi connectivity index (χ2v) is 7.83. The van der Waals surface area contributed by atoms with Gasteiger partial charge in [-0.3, -0.25) is 4.79 Å². The highest BCUT2D eigenvalue weighted by Gasteiger charge is 2.24. The van der Waals surface area contributed by atoms with Crippen molar-refractivity contribution in [2.24, 2.45) is 5.41 Å². The van der Waals surface area contributed by atoms with Gasteiger partial charge in [0.2, 0.25) is 0 Å². The van der Waals surface area contributed by atoms with Gasteiger partial charge in [0.05, 0.1) is 24.2 Å². The molecule has 0 spiro atoms. The lowest BCUT2D eigenvalue weighted by molar-refractivity contribution is -0.154. The Morgan fingerprint density at radius 1 is 1.00 bits per heavy atom. The fraction of sp³-hybridized carbons (Fsp3) is 0.789. The molecule has 0 amide bonds. The van der Waals surface area contributed by atoms with Gasteiger partial charge in [-0.1, -0.05) is 6.92 Å². The van der Waals surface area contributed by atoms with E-state index < -0.39 is 11.2 Å². The molecule has 26 heavy (non-hydrogen) atoms. The number of ether oxygens (including phenoxy) is 3. The number of hydrogen-bond acceptors (Lipinski definition) is 7. The first-order chi connectivity index (χ1) is 11.9. The molecule has 1 aromatic heterocycles. The summed E-state index contributed by atoms with van der Waals surface area (Å²) < 4.78 is 25.0. The molecule has 0 aromatic carbocycles. The summed E-state index contributed by atoms with van der Waals surface area (Å²) in [6, 6.07) is 0. The van der Waals surface area contributed by atoms with E-state index in [1.165, 1.54) is 0 Å². The first-order valence-electron chi connectivity index (χ1n) is 8.85. The van der Waals surface area contributed by atoms with Crippen LogP contribution in [0.15, 0.2) is 13.6 Å². The molecule has 0 radical (unpaired) electrons. The Morgan fingerprint density at radius 2 is 1.62 bits per heavy atom. The standard InChI is InChI=1S/C10H14O5.C9H20O2/c1-6-7(15-9(12)14-6)5-13-8(11)10(2,3)4;1-5-6-10-7-8-11-9(2,3)4/h5H2,1-4H3;5-8H2,1-4H3. The predicted octanol–water partition coefficient (Wildman–Crippen LogP) is 3.86. The summed E-state index contributed by atoms with van der Waals surface area (Å²) in [6.07, 6.45) is 1.08. The second kappa shape index (κ2) is 11.2. The van der Waals surface area contributed by atoms with Crippen LogP contribution in [0.2, 0.25) is 0 Å². The Kier molecular flexibility index (Phi) is 10.5. The van der Waals surface area contributed by atoms with Crippen LogP contribution in [0.4, 0.5) is 0 Å². The number of esters is 1. The van der Waals surface area contributed by atoms with Crippen molar-refractivity contribution in [1.82, 2.24) is 0 Å². The van der Waals surface area contributed by atoms with E-state index in [0.29, 0.717) is 19.0 Å². The van der Waals surface area contributed by atoms with Crippen molar-refractivity contribution in [1.29, 1.82) is 0 Å². The largest absolute Gasteiger partial charge is 0.519 e. The van der Waals surface area contributed by atoms with Gasteiger partial charge in [-0.25, -0.2) is 4.79 Å². The fourth-order valence-corrected chi connectivity index (χ4v) is 1.51. The van der Waals surface area contributed by atoms with Crippen LogP contribution in [-0.2, 0) is 25.6 Å². The number of carbonyl (C=O) groups excluding carboxylic acids is 1. The molecule has 0 aliphatic rings. The van der Waals surface area contributed by atoms with E-state index in [-0.39, 0.29) is 23.9 Å². The van der Waals surface area contributed by atoms with Crippen LogP contribution in [0.5, 0.6) is 0 Å². The lowest BCUT2D eigenvalue weighted by Crippen LogP contribution is -2.22. The summed E-state index contributed by atoms with van der Waals surface area (Å²) in [5.41, 5.74) is -0.604. The molecule has 0 aliphatic carbocycles. The Morgan fingerprint density at radius 3 is 2.04 bits per heavy atom. The molecular weight excluding hydrogens is 340 g/mol. The van der Waals surface area contributed by atoms with E-state index in [0.717, 1.165) is 13.0 Å². The number of rotatable bonds is 7. The highest BCUT2D eigenvalue weighted by Crippen LogP contribution is 2.17. The molecule has 0 fully saturated rings. The monoisotopic (exact) mass is 374 g/mol. The van der Waals surface area contributed by atoms with Gasteiger partial charge in [0.15, 0.2) is 18.1 Å². The number of aryl methyl sites for hydroxylation is 1. The van der Waals surface area contributed by atoms with Crippen molar-refractivity contribution in [2.75, 3.05) is 19.8 Å². The van der Waals surface area contributed by atoms with Crippen molar-refractivity contribution >= 4 is 5.97 Å². The smallest absolute Gasteiger partial charge is 0.457 e. The van der Waals surface area contributed by atoms with Crippen LogP contribution < -0.4 is 5.82 Å². The summed E-state index contributed by atoms with van der Waals surface area (Å²) in [7, 11) is 0. The van der Waals surface area contributed by atoms with Crippen molar-refractivity contribution in [3.8, 4) is 0 Å². The molecule has 1 aromatic rings. The average molecular weight is 374 g/mol. The zero-order chi connectivity index (χ0) is 20.4. The van der Waals surface area contributed by atoms with Crippen LogP contribution in [0.25, 0.3) is 0 Å². The fourth-order valence-electron chi connectivity index (χ4n) is 1.51. The molecule has 0 saturated carbocycles. The van der Waals surface area contributed by atoms with Gasteiger partial charge in [0.25, 0.3) is 0 Å². The molecule has 7 heteroatoms. The molecular formula is C19H34O7. The van der Waals surface area contributed by atoms with E-state index >= 15 is 0 Å². The van der Waals surface area contributed by atoms with E-state index in [1.54, 1.807) is 27.7 Å². The predicted molar refractivity (Wildman–Crippen MR) is 98.0 cm³/mol. The summed E-state index contributed by atoms with van der Waals surface area (Å²) in [4.78, 5) is 22.1. The molecule has 7 nitrogen and oxygen atoms in total. The van der Waals surface area contributed by atoms with Crippen LogP contribution in [0, 0.1) is 12.3 Å². The molecule has 0 aliphatic heterocycles. The summed E-state index contributed by atoms with van der Waals surface area (Å²) in [6.45, 7) is 17.2. The zero-order valence-electron chi connectivity index (χ0n) is 17.4. The first-order valence-corrected chi connectivity index (χ1v) is 8.85. The lowest BCUT2D eigenvalue weighted by atomic mass is 9.97. The maximum atomic E-state index is 11.4. The van der Waals surface area contributed by atoms with Crippen LogP contribution >= 0.6 is 0 Å². The Hall–Kier alpha value is -1.60. The first kappa shape index (κ1) is 24.4. The molecule has 1 heterocycles. The number of hydrogen-bond donors (Lipinski definition) is 0. The van der Waals surface area contributed by atoms with Gasteiger partial charge in [0, 0.05) is 6.61 Å². The van der Waals surface area contributed by atoms with E-state index in [9.17, 15) is 9.59 Å². The Labute approximate surface area is 156 Å². The molecule has 1 rings (SSSR count).